The third-order valence-electron chi connectivity index (χ3n) is 2.26. The summed E-state index contributed by atoms with van der Waals surface area (Å²) in [6.07, 6.45) is 1.82. The predicted molar refractivity (Wildman–Crippen MR) is 50.2 cm³/mol. The molecule has 0 aromatic heterocycles. The van der Waals surface area contributed by atoms with Gasteiger partial charge >= 0.3 is 0 Å². The lowest BCUT2D eigenvalue weighted by Crippen LogP contribution is -2.51. The zero-order valence-electron chi connectivity index (χ0n) is 7.88. The maximum absolute atomic E-state index is 10.6. The lowest BCUT2D eigenvalue weighted by atomic mass is 9.96. The van der Waals surface area contributed by atoms with Crippen LogP contribution in [0.2, 0.25) is 0 Å². The Morgan fingerprint density at radius 3 is 2.92 bits per heavy atom. The number of hydrogen-bond acceptors (Lipinski definition) is 4. The van der Waals surface area contributed by atoms with E-state index >= 15 is 0 Å². The Bertz CT molecular complexity index is 175. The fraction of sp³-hybridized carbons (Fsp3) is 1.00. The molecule has 0 radical (unpaired) electrons. The molecule has 0 amide bonds. The van der Waals surface area contributed by atoms with Gasteiger partial charge in [-0.25, -0.2) is 0 Å². The minimum Gasteiger partial charge on any atom is -0.772 e. The fourth-order valence-electron chi connectivity index (χ4n) is 1.75. The van der Waals surface area contributed by atoms with Crippen molar-refractivity contribution < 1.29 is 13.5 Å². The van der Waals surface area contributed by atoms with Gasteiger partial charge in [0.15, 0.2) is 0 Å². The van der Waals surface area contributed by atoms with Gasteiger partial charge in [-0.3, -0.25) is 4.21 Å². The molecule has 78 valence electrons. The lowest BCUT2D eigenvalue weighted by molar-refractivity contribution is -0.0375. The maximum atomic E-state index is 10.6. The molecule has 1 fully saturated rings. The van der Waals surface area contributed by atoms with Crippen molar-refractivity contribution in [3.05, 3.63) is 0 Å². The van der Waals surface area contributed by atoms with Crippen molar-refractivity contribution in [1.82, 2.24) is 5.32 Å². The number of rotatable bonds is 4. The summed E-state index contributed by atoms with van der Waals surface area (Å²) in [4.78, 5) is 0. The molecular formula is C8H16NO3S-. The van der Waals surface area contributed by atoms with Crippen molar-refractivity contribution >= 4 is 11.1 Å². The molecule has 2 unspecified atom stereocenters. The molecule has 0 aromatic rings. The molecule has 1 saturated heterocycles. The first kappa shape index (κ1) is 11.1. The highest BCUT2D eigenvalue weighted by molar-refractivity contribution is 7.79. The molecule has 0 bridgehead atoms. The third kappa shape index (κ3) is 3.34. The second-order valence-corrected chi connectivity index (χ2v) is 4.24. The molecule has 0 aromatic carbocycles. The highest BCUT2D eigenvalue weighted by Crippen LogP contribution is 2.21. The normalized spacial score (nSPS) is 31.5. The van der Waals surface area contributed by atoms with E-state index in [0.29, 0.717) is 13.2 Å². The molecule has 13 heavy (non-hydrogen) atoms. The van der Waals surface area contributed by atoms with Gasteiger partial charge in [0.2, 0.25) is 0 Å². The van der Waals surface area contributed by atoms with Crippen LogP contribution in [0.1, 0.15) is 19.8 Å². The van der Waals surface area contributed by atoms with Crippen LogP contribution >= 0.6 is 0 Å². The molecule has 0 spiro atoms. The van der Waals surface area contributed by atoms with Crippen LogP contribution in [0.5, 0.6) is 0 Å². The second kappa shape index (κ2) is 5.05. The number of nitrogens with one attached hydrogen (secondary N) is 1. The Hall–Kier alpha value is 0.0300. The van der Waals surface area contributed by atoms with Gasteiger partial charge in [-0.2, -0.15) is 0 Å². The van der Waals surface area contributed by atoms with Crippen molar-refractivity contribution in [2.24, 2.45) is 0 Å². The van der Waals surface area contributed by atoms with E-state index in [1.807, 2.05) is 6.92 Å². The van der Waals surface area contributed by atoms with Crippen molar-refractivity contribution in [2.45, 2.75) is 25.4 Å². The van der Waals surface area contributed by atoms with Gasteiger partial charge in [-0.05, 0) is 26.3 Å². The molecule has 1 rings (SSSR count). The maximum Gasteiger partial charge on any atom is 0.0910 e. The van der Waals surface area contributed by atoms with E-state index in [4.69, 9.17) is 4.74 Å². The van der Waals surface area contributed by atoms with Crippen molar-refractivity contribution in [3.63, 3.8) is 0 Å². The summed E-state index contributed by atoms with van der Waals surface area (Å²) in [5.74, 6) is 0.105. The first-order chi connectivity index (χ1) is 6.18. The van der Waals surface area contributed by atoms with Gasteiger partial charge in [0.05, 0.1) is 5.60 Å². The topological polar surface area (TPSA) is 61.4 Å². The molecule has 1 aliphatic heterocycles. The average Bonchev–Trinajstić information content (AvgIpc) is 2.04. The smallest absolute Gasteiger partial charge is 0.0910 e. The lowest BCUT2D eigenvalue weighted by Gasteiger charge is -2.37. The molecule has 0 aliphatic carbocycles. The summed E-state index contributed by atoms with van der Waals surface area (Å²) in [5.41, 5.74) is -0.473. The van der Waals surface area contributed by atoms with E-state index in [-0.39, 0.29) is 5.75 Å². The summed E-state index contributed by atoms with van der Waals surface area (Å²) in [5, 5.41) is 3.17. The van der Waals surface area contributed by atoms with Crippen LogP contribution in [0.3, 0.4) is 0 Å². The summed E-state index contributed by atoms with van der Waals surface area (Å²) in [7, 11) is 0. The summed E-state index contributed by atoms with van der Waals surface area (Å²) in [6.45, 7) is 4.07. The zero-order chi connectivity index (χ0) is 9.73. The molecule has 1 aliphatic rings. The minimum absolute atomic E-state index is 0.105. The van der Waals surface area contributed by atoms with Gasteiger partial charge in [0.25, 0.3) is 0 Å². The molecule has 1 heterocycles. The Kier molecular flexibility index (Phi) is 4.31. The van der Waals surface area contributed by atoms with Gasteiger partial charge in [-0.1, -0.05) is 11.1 Å². The second-order valence-electron chi connectivity index (χ2n) is 3.34. The van der Waals surface area contributed by atoms with Gasteiger partial charge in [-0.15, -0.1) is 0 Å². The first-order valence-electron chi connectivity index (χ1n) is 4.59. The van der Waals surface area contributed by atoms with Crippen LogP contribution in [-0.2, 0) is 15.8 Å². The molecule has 0 saturated carbocycles. The summed E-state index contributed by atoms with van der Waals surface area (Å²) >= 11 is -2.02. The van der Waals surface area contributed by atoms with Gasteiger partial charge in [0.1, 0.15) is 0 Å². The van der Waals surface area contributed by atoms with Crippen LogP contribution in [0.15, 0.2) is 0 Å². The Labute approximate surface area is 81.3 Å². The zero-order valence-corrected chi connectivity index (χ0v) is 8.69. The van der Waals surface area contributed by atoms with Gasteiger partial charge in [0, 0.05) is 18.9 Å². The van der Waals surface area contributed by atoms with Crippen molar-refractivity contribution in [1.29, 1.82) is 0 Å². The van der Waals surface area contributed by atoms with E-state index in [2.05, 4.69) is 5.32 Å². The Balaban J connectivity index is 2.55. The molecule has 2 atom stereocenters. The monoisotopic (exact) mass is 206 g/mol. The number of ether oxygens (including phenoxy) is 1. The average molecular weight is 206 g/mol. The molecule has 1 N–H and O–H groups in total. The highest BCUT2D eigenvalue weighted by atomic mass is 32.2. The van der Waals surface area contributed by atoms with E-state index < -0.39 is 16.7 Å². The predicted octanol–water partition coefficient (Wildman–Crippen LogP) is 0.0242. The fourth-order valence-corrected chi connectivity index (χ4v) is 2.51. The Morgan fingerprint density at radius 1 is 1.69 bits per heavy atom. The van der Waals surface area contributed by atoms with E-state index in [0.717, 1.165) is 19.4 Å². The van der Waals surface area contributed by atoms with Crippen LogP contribution < -0.4 is 5.32 Å². The van der Waals surface area contributed by atoms with Crippen molar-refractivity contribution in [3.8, 4) is 0 Å². The largest absolute Gasteiger partial charge is 0.772 e. The summed E-state index contributed by atoms with van der Waals surface area (Å²) in [6, 6.07) is 0. The van der Waals surface area contributed by atoms with Gasteiger partial charge < -0.3 is 14.6 Å². The molecule has 4 nitrogen and oxygen atoms in total. The van der Waals surface area contributed by atoms with Crippen LogP contribution in [0.4, 0.5) is 0 Å². The number of piperidine rings is 1. The standard InChI is InChI=1S/C8H17NO3S/c1-2-12-8(7-13(10)11)4-3-5-9-6-8/h9H,2-7H2,1H3,(H,10,11)/p-1. The van der Waals surface area contributed by atoms with E-state index in [1.54, 1.807) is 0 Å². The first-order valence-corrected chi connectivity index (χ1v) is 5.83. The minimum atomic E-state index is -2.02. The Morgan fingerprint density at radius 2 is 2.46 bits per heavy atom. The third-order valence-corrected chi connectivity index (χ3v) is 3.03. The molecule has 5 heteroatoms. The van der Waals surface area contributed by atoms with Crippen LogP contribution in [-0.4, -0.2) is 39.8 Å². The van der Waals surface area contributed by atoms with Crippen molar-refractivity contribution in [2.75, 3.05) is 25.4 Å². The number of hydrogen-bond donors (Lipinski definition) is 1. The van der Waals surface area contributed by atoms with E-state index in [9.17, 15) is 8.76 Å². The van der Waals surface area contributed by atoms with E-state index in [1.165, 1.54) is 0 Å². The quantitative estimate of drug-likeness (QED) is 0.659. The molecular weight excluding hydrogens is 190 g/mol. The van der Waals surface area contributed by atoms with Crippen LogP contribution in [0, 0.1) is 0 Å². The van der Waals surface area contributed by atoms with Crippen LogP contribution in [0.25, 0.3) is 0 Å². The highest BCUT2D eigenvalue weighted by Gasteiger charge is 2.32. The SMILES string of the molecule is CCOC1(CS(=O)[O-])CCCNC1. The summed E-state index contributed by atoms with van der Waals surface area (Å²) < 4.78 is 26.8.